The molecule has 0 aliphatic heterocycles. The Morgan fingerprint density at radius 2 is 2.00 bits per heavy atom. The molecular formula is C17H15N5O4. The standard InChI is InChI=1S/C17H15N5O4/c1-11-14(12(2)21(20-11)13-6-4-3-5-7-13)10-18-19-17(23)15-8-9-16(26-15)22(24)25/h3-10H,1-2H3,(H,19,23). The fraction of sp³-hybridized carbons (Fsp3) is 0.118. The Labute approximate surface area is 148 Å². The number of hydrogen-bond donors (Lipinski definition) is 1. The maximum atomic E-state index is 11.9. The molecule has 2 aromatic heterocycles. The van der Waals surface area contributed by atoms with Crippen LogP contribution in [0.4, 0.5) is 5.88 Å². The van der Waals surface area contributed by atoms with E-state index in [1.807, 2.05) is 44.2 Å². The number of hydrogen-bond acceptors (Lipinski definition) is 6. The average molecular weight is 353 g/mol. The molecule has 1 amide bonds. The lowest BCUT2D eigenvalue weighted by atomic mass is 10.2. The summed E-state index contributed by atoms with van der Waals surface area (Å²) in [7, 11) is 0. The quantitative estimate of drug-likeness (QED) is 0.430. The van der Waals surface area contributed by atoms with E-state index in [9.17, 15) is 14.9 Å². The van der Waals surface area contributed by atoms with E-state index < -0.39 is 16.7 Å². The number of rotatable bonds is 5. The third kappa shape index (κ3) is 3.36. The lowest BCUT2D eigenvalue weighted by Crippen LogP contribution is -2.16. The van der Waals surface area contributed by atoms with E-state index in [1.165, 1.54) is 12.3 Å². The number of carbonyl (C=O) groups excluding carboxylic acids is 1. The molecule has 3 rings (SSSR count). The van der Waals surface area contributed by atoms with E-state index in [0.29, 0.717) is 0 Å². The predicted octanol–water partition coefficient (Wildman–Crippen LogP) is 2.75. The lowest BCUT2D eigenvalue weighted by molar-refractivity contribution is -0.402. The van der Waals surface area contributed by atoms with Crippen molar-refractivity contribution in [2.24, 2.45) is 5.10 Å². The van der Waals surface area contributed by atoms with Gasteiger partial charge < -0.3 is 4.42 Å². The second kappa shape index (κ2) is 7.01. The molecular weight excluding hydrogens is 338 g/mol. The van der Waals surface area contributed by atoms with Crippen LogP contribution in [-0.4, -0.2) is 26.8 Å². The SMILES string of the molecule is Cc1nn(-c2ccccc2)c(C)c1C=NNC(=O)c1ccc([N+](=O)[O-])o1. The van der Waals surface area contributed by atoms with Crippen molar-refractivity contribution >= 4 is 18.0 Å². The van der Waals surface area contributed by atoms with Crippen molar-refractivity contribution in [3.05, 3.63) is 75.3 Å². The molecule has 2 heterocycles. The summed E-state index contributed by atoms with van der Waals surface area (Å²) in [6.07, 6.45) is 1.48. The van der Waals surface area contributed by atoms with E-state index in [0.717, 1.165) is 28.7 Å². The van der Waals surface area contributed by atoms with Crippen LogP contribution in [0.5, 0.6) is 0 Å². The van der Waals surface area contributed by atoms with Gasteiger partial charge in [0.15, 0.2) is 0 Å². The monoisotopic (exact) mass is 353 g/mol. The second-order valence-electron chi connectivity index (χ2n) is 5.43. The Morgan fingerprint density at radius 3 is 2.65 bits per heavy atom. The van der Waals surface area contributed by atoms with Gasteiger partial charge in [-0.1, -0.05) is 18.2 Å². The molecule has 0 radical (unpaired) electrons. The van der Waals surface area contributed by atoms with Crippen LogP contribution in [0, 0.1) is 24.0 Å². The summed E-state index contributed by atoms with van der Waals surface area (Å²) in [4.78, 5) is 21.8. The molecule has 0 unspecified atom stereocenters. The van der Waals surface area contributed by atoms with Crippen molar-refractivity contribution in [2.45, 2.75) is 13.8 Å². The molecule has 0 spiro atoms. The van der Waals surface area contributed by atoms with E-state index in [4.69, 9.17) is 4.42 Å². The molecule has 9 nitrogen and oxygen atoms in total. The van der Waals surface area contributed by atoms with Gasteiger partial charge in [0.2, 0.25) is 5.76 Å². The number of nitrogens with zero attached hydrogens (tertiary/aromatic N) is 4. The molecule has 1 aromatic carbocycles. The number of furan rings is 1. The van der Waals surface area contributed by atoms with Crippen molar-refractivity contribution in [1.82, 2.24) is 15.2 Å². The van der Waals surface area contributed by atoms with E-state index >= 15 is 0 Å². The minimum absolute atomic E-state index is 0.192. The Kier molecular flexibility index (Phi) is 4.61. The number of nitro groups is 1. The van der Waals surface area contributed by atoms with Gasteiger partial charge in [-0.2, -0.15) is 10.2 Å². The highest BCUT2D eigenvalue weighted by atomic mass is 16.6. The van der Waals surface area contributed by atoms with Crippen LogP contribution >= 0.6 is 0 Å². The van der Waals surface area contributed by atoms with Gasteiger partial charge in [0.05, 0.1) is 29.4 Å². The molecule has 0 bridgehead atoms. The van der Waals surface area contributed by atoms with Crippen LogP contribution < -0.4 is 5.43 Å². The van der Waals surface area contributed by atoms with Crippen LogP contribution in [0.1, 0.15) is 27.5 Å². The van der Waals surface area contributed by atoms with E-state index in [2.05, 4.69) is 15.6 Å². The van der Waals surface area contributed by atoms with Gasteiger partial charge in [-0.3, -0.25) is 14.9 Å². The first-order valence-electron chi connectivity index (χ1n) is 7.66. The van der Waals surface area contributed by atoms with Crippen molar-refractivity contribution in [2.75, 3.05) is 0 Å². The zero-order valence-corrected chi connectivity index (χ0v) is 14.0. The van der Waals surface area contributed by atoms with Gasteiger partial charge in [0, 0.05) is 5.56 Å². The Bertz CT molecular complexity index is 988. The van der Waals surface area contributed by atoms with E-state index in [-0.39, 0.29) is 5.76 Å². The van der Waals surface area contributed by atoms with Gasteiger partial charge in [-0.25, -0.2) is 10.1 Å². The highest BCUT2D eigenvalue weighted by Crippen LogP contribution is 2.17. The molecule has 0 fully saturated rings. The maximum Gasteiger partial charge on any atom is 0.433 e. The number of carbonyl (C=O) groups is 1. The summed E-state index contributed by atoms with van der Waals surface area (Å²) in [5.41, 5.74) is 5.57. The number of amides is 1. The zero-order chi connectivity index (χ0) is 18.7. The van der Waals surface area contributed by atoms with Crippen LogP contribution in [-0.2, 0) is 0 Å². The predicted molar refractivity (Wildman–Crippen MR) is 93.5 cm³/mol. The van der Waals surface area contributed by atoms with Crippen molar-refractivity contribution < 1.29 is 14.1 Å². The zero-order valence-electron chi connectivity index (χ0n) is 14.0. The molecule has 9 heteroatoms. The first-order valence-corrected chi connectivity index (χ1v) is 7.66. The molecule has 0 saturated heterocycles. The van der Waals surface area contributed by atoms with Crippen molar-refractivity contribution in [1.29, 1.82) is 0 Å². The minimum Gasteiger partial charge on any atom is -0.395 e. The smallest absolute Gasteiger partial charge is 0.395 e. The van der Waals surface area contributed by atoms with Gasteiger partial charge in [-0.15, -0.1) is 0 Å². The van der Waals surface area contributed by atoms with Crippen molar-refractivity contribution in [3.63, 3.8) is 0 Å². The summed E-state index contributed by atoms with van der Waals surface area (Å²) in [6, 6.07) is 12.0. The van der Waals surface area contributed by atoms with Crippen molar-refractivity contribution in [3.8, 4) is 5.69 Å². The third-order valence-electron chi connectivity index (χ3n) is 3.70. The summed E-state index contributed by atoms with van der Waals surface area (Å²) in [5.74, 6) is -1.38. The first-order chi connectivity index (χ1) is 12.5. The summed E-state index contributed by atoms with van der Waals surface area (Å²) >= 11 is 0. The number of aryl methyl sites for hydroxylation is 1. The van der Waals surface area contributed by atoms with Gasteiger partial charge in [-0.05, 0) is 32.0 Å². The van der Waals surface area contributed by atoms with Crippen LogP contribution in [0.25, 0.3) is 5.69 Å². The number of hydrazone groups is 1. The topological polar surface area (TPSA) is 116 Å². The highest BCUT2D eigenvalue weighted by Gasteiger charge is 2.17. The number of benzene rings is 1. The maximum absolute atomic E-state index is 11.9. The number of para-hydroxylation sites is 1. The van der Waals surface area contributed by atoms with Gasteiger partial charge in [0.1, 0.15) is 4.92 Å². The van der Waals surface area contributed by atoms with Gasteiger partial charge >= 0.3 is 11.8 Å². The fourth-order valence-corrected chi connectivity index (χ4v) is 2.42. The van der Waals surface area contributed by atoms with Crippen LogP contribution in [0.3, 0.4) is 0 Å². The summed E-state index contributed by atoms with van der Waals surface area (Å²) in [5, 5.41) is 18.9. The molecule has 0 aliphatic carbocycles. The normalized spacial score (nSPS) is 11.0. The number of nitrogens with one attached hydrogen (secondary N) is 1. The molecule has 132 valence electrons. The molecule has 1 N–H and O–H groups in total. The van der Waals surface area contributed by atoms with E-state index in [1.54, 1.807) is 4.68 Å². The van der Waals surface area contributed by atoms with Gasteiger partial charge in [0.25, 0.3) is 0 Å². The Balaban J connectivity index is 1.75. The van der Waals surface area contributed by atoms with Crippen LogP contribution in [0.15, 0.2) is 52.0 Å². The first kappa shape index (κ1) is 17.1. The second-order valence-corrected chi connectivity index (χ2v) is 5.43. The molecule has 26 heavy (non-hydrogen) atoms. The average Bonchev–Trinajstić information content (AvgIpc) is 3.23. The summed E-state index contributed by atoms with van der Waals surface area (Å²) < 4.78 is 6.60. The Hall–Kier alpha value is -3.75. The molecule has 0 aliphatic rings. The molecule has 0 saturated carbocycles. The fourth-order valence-electron chi connectivity index (χ4n) is 2.42. The lowest BCUT2D eigenvalue weighted by Gasteiger charge is -2.03. The largest absolute Gasteiger partial charge is 0.433 e. The highest BCUT2D eigenvalue weighted by molar-refractivity contribution is 5.92. The molecule has 0 atom stereocenters. The molecule has 3 aromatic rings. The van der Waals surface area contributed by atoms with Crippen LogP contribution in [0.2, 0.25) is 0 Å². The number of aromatic nitrogens is 2. The third-order valence-corrected chi connectivity index (χ3v) is 3.70. The Morgan fingerprint density at radius 1 is 1.27 bits per heavy atom. The summed E-state index contributed by atoms with van der Waals surface area (Å²) in [6.45, 7) is 3.73. The minimum atomic E-state index is -0.718.